The average molecular weight is 474 g/mol. The molecule has 0 fully saturated rings. The fourth-order valence-electron chi connectivity index (χ4n) is 4.07. The lowest BCUT2D eigenvalue weighted by Gasteiger charge is -2.16. The predicted molar refractivity (Wildman–Crippen MR) is 133 cm³/mol. The Bertz CT molecular complexity index is 1380. The van der Waals surface area contributed by atoms with Gasteiger partial charge in [-0.15, -0.1) is 0 Å². The molecule has 2 heterocycles. The molecule has 8 heteroatoms. The van der Waals surface area contributed by atoms with Crippen molar-refractivity contribution < 1.29 is 14.0 Å². The van der Waals surface area contributed by atoms with Crippen LogP contribution in [0.15, 0.2) is 60.8 Å². The van der Waals surface area contributed by atoms with Gasteiger partial charge in [0.2, 0.25) is 5.91 Å². The Kier molecular flexibility index (Phi) is 6.91. The van der Waals surface area contributed by atoms with Crippen LogP contribution < -0.4 is 11.1 Å². The summed E-state index contributed by atoms with van der Waals surface area (Å²) in [5.41, 5.74) is 10.0. The largest absolute Gasteiger partial charge is 0.369 e. The lowest BCUT2D eigenvalue weighted by Crippen LogP contribution is -2.37. The third-order valence-corrected chi connectivity index (χ3v) is 6.03. The van der Waals surface area contributed by atoms with Crippen LogP contribution in [0.1, 0.15) is 41.4 Å². The summed E-state index contributed by atoms with van der Waals surface area (Å²) < 4.78 is 15.0. The highest BCUT2D eigenvalue weighted by Crippen LogP contribution is 2.28. The number of amides is 2. The second-order valence-electron chi connectivity index (χ2n) is 8.93. The van der Waals surface area contributed by atoms with Gasteiger partial charge in [0, 0.05) is 18.2 Å². The van der Waals surface area contributed by atoms with Crippen molar-refractivity contribution >= 4 is 22.8 Å². The van der Waals surface area contributed by atoms with Crippen LogP contribution in [-0.4, -0.2) is 33.1 Å². The summed E-state index contributed by atoms with van der Waals surface area (Å²) in [7, 11) is 0. The van der Waals surface area contributed by atoms with Crippen LogP contribution in [0.25, 0.3) is 22.3 Å². The molecule has 7 nitrogen and oxygen atoms in total. The van der Waals surface area contributed by atoms with Crippen molar-refractivity contribution in [2.75, 3.05) is 6.54 Å². The van der Waals surface area contributed by atoms with Crippen molar-refractivity contribution in [1.29, 1.82) is 0 Å². The van der Waals surface area contributed by atoms with Crippen molar-refractivity contribution in [2.45, 2.75) is 33.2 Å². The van der Waals surface area contributed by atoms with E-state index in [1.807, 2.05) is 45.0 Å². The fraction of sp³-hybridized carbons (Fsp3) is 0.259. The van der Waals surface area contributed by atoms with Gasteiger partial charge in [-0.3, -0.25) is 9.59 Å². The first-order valence-electron chi connectivity index (χ1n) is 11.5. The number of hydrogen-bond donors (Lipinski definition) is 2. The average Bonchev–Trinajstić information content (AvgIpc) is 3.26. The molecule has 1 atom stereocenters. The Morgan fingerprint density at radius 1 is 1.11 bits per heavy atom. The van der Waals surface area contributed by atoms with E-state index in [1.54, 1.807) is 29.1 Å². The van der Waals surface area contributed by atoms with Crippen LogP contribution >= 0.6 is 0 Å². The number of aryl methyl sites for hydroxylation is 1. The molecule has 0 bridgehead atoms. The summed E-state index contributed by atoms with van der Waals surface area (Å²) in [4.78, 5) is 30.2. The van der Waals surface area contributed by atoms with E-state index in [2.05, 4.69) is 10.4 Å². The van der Waals surface area contributed by atoms with E-state index >= 15 is 0 Å². The molecule has 4 aromatic rings. The van der Waals surface area contributed by atoms with E-state index < -0.39 is 11.8 Å². The highest BCUT2D eigenvalue weighted by atomic mass is 19.1. The molecule has 0 aliphatic rings. The summed E-state index contributed by atoms with van der Waals surface area (Å²) >= 11 is 0. The monoisotopic (exact) mass is 473 g/mol. The molecule has 2 amide bonds. The van der Waals surface area contributed by atoms with Crippen molar-refractivity contribution in [2.24, 2.45) is 11.7 Å². The van der Waals surface area contributed by atoms with Crippen LogP contribution in [-0.2, 0) is 11.2 Å². The maximum atomic E-state index is 13.4. The van der Waals surface area contributed by atoms with E-state index in [-0.39, 0.29) is 24.3 Å². The minimum absolute atomic E-state index is 0.0490. The molecular weight excluding hydrogens is 445 g/mol. The molecule has 2 aromatic carbocycles. The molecule has 2 aromatic heterocycles. The van der Waals surface area contributed by atoms with Gasteiger partial charge >= 0.3 is 0 Å². The lowest BCUT2D eigenvalue weighted by molar-refractivity contribution is -0.121. The highest BCUT2D eigenvalue weighted by Gasteiger charge is 2.22. The molecule has 0 spiro atoms. The summed E-state index contributed by atoms with van der Waals surface area (Å²) in [5.74, 6) is -1.88. The minimum Gasteiger partial charge on any atom is -0.369 e. The third-order valence-electron chi connectivity index (χ3n) is 6.03. The number of fused-ring (bicyclic) bond motifs is 1. The number of halogens is 1. The second kappa shape index (κ2) is 10.0. The zero-order valence-electron chi connectivity index (χ0n) is 20.0. The molecule has 35 heavy (non-hydrogen) atoms. The quantitative estimate of drug-likeness (QED) is 0.400. The molecular formula is C27H28FN5O2. The zero-order chi connectivity index (χ0) is 25.1. The van der Waals surface area contributed by atoms with Crippen LogP contribution in [0.3, 0.4) is 0 Å². The van der Waals surface area contributed by atoms with E-state index in [9.17, 15) is 14.0 Å². The Morgan fingerprint density at radius 3 is 2.49 bits per heavy atom. The van der Waals surface area contributed by atoms with Crippen molar-refractivity contribution in [1.82, 2.24) is 20.1 Å². The number of nitrogens with two attached hydrogens (primary N) is 1. The topological polar surface area (TPSA) is 103 Å². The van der Waals surface area contributed by atoms with Crippen molar-refractivity contribution in [3.05, 3.63) is 83.3 Å². The Hall–Kier alpha value is -4.07. The van der Waals surface area contributed by atoms with Gasteiger partial charge in [0.1, 0.15) is 5.82 Å². The Labute approximate surface area is 203 Å². The number of carbonyl (C=O) groups is 2. The van der Waals surface area contributed by atoms with Gasteiger partial charge in [0.25, 0.3) is 5.91 Å². The molecule has 0 aliphatic carbocycles. The SMILES string of the molecule is Cc1ccccc1-c1cc(C(=O)NCC(Cc2ccc(F)cc2)C(N)=O)c2cnn(C(C)C)c2n1. The van der Waals surface area contributed by atoms with Gasteiger partial charge in [-0.1, -0.05) is 36.4 Å². The van der Waals surface area contributed by atoms with E-state index in [0.717, 1.165) is 16.7 Å². The number of primary amides is 1. The maximum absolute atomic E-state index is 13.4. The van der Waals surface area contributed by atoms with Crippen LogP contribution in [0.5, 0.6) is 0 Å². The number of aromatic nitrogens is 3. The molecule has 0 saturated carbocycles. The number of hydrogen-bond acceptors (Lipinski definition) is 4. The summed E-state index contributed by atoms with van der Waals surface area (Å²) in [6.07, 6.45) is 1.93. The smallest absolute Gasteiger partial charge is 0.252 e. The van der Waals surface area contributed by atoms with Gasteiger partial charge < -0.3 is 11.1 Å². The molecule has 1 unspecified atom stereocenters. The standard InChI is InChI=1S/C27H28FN5O2/c1-16(2)33-26-23(15-31-33)22(13-24(32-26)21-7-5-4-6-17(21)3)27(35)30-14-19(25(29)34)12-18-8-10-20(28)11-9-18/h4-11,13,15-16,19H,12,14H2,1-3H3,(H2,29,34)(H,30,35). The van der Waals surface area contributed by atoms with Crippen LogP contribution in [0.4, 0.5) is 4.39 Å². The van der Waals surface area contributed by atoms with Crippen LogP contribution in [0.2, 0.25) is 0 Å². The van der Waals surface area contributed by atoms with Gasteiger partial charge in [-0.25, -0.2) is 14.1 Å². The zero-order valence-corrected chi connectivity index (χ0v) is 20.0. The van der Waals surface area contributed by atoms with Crippen LogP contribution in [0, 0.1) is 18.7 Å². The molecule has 0 aliphatic heterocycles. The van der Waals surface area contributed by atoms with Crippen molar-refractivity contribution in [3.8, 4) is 11.3 Å². The molecule has 4 rings (SSSR count). The first kappa shape index (κ1) is 24.1. The lowest BCUT2D eigenvalue weighted by atomic mass is 9.98. The number of nitrogens with one attached hydrogen (secondary N) is 1. The van der Waals surface area contributed by atoms with E-state index in [4.69, 9.17) is 10.7 Å². The number of carbonyl (C=O) groups excluding carboxylic acids is 2. The van der Waals surface area contributed by atoms with Crippen molar-refractivity contribution in [3.63, 3.8) is 0 Å². The fourth-order valence-corrected chi connectivity index (χ4v) is 4.07. The molecule has 3 N–H and O–H groups in total. The number of rotatable bonds is 8. The number of pyridine rings is 1. The number of benzene rings is 2. The van der Waals surface area contributed by atoms with Gasteiger partial charge in [-0.2, -0.15) is 5.10 Å². The van der Waals surface area contributed by atoms with Gasteiger partial charge in [0.05, 0.1) is 28.8 Å². The Balaban J connectivity index is 1.66. The Morgan fingerprint density at radius 2 is 1.83 bits per heavy atom. The first-order valence-corrected chi connectivity index (χ1v) is 11.5. The summed E-state index contributed by atoms with van der Waals surface area (Å²) in [6, 6.07) is 15.5. The van der Waals surface area contributed by atoms with Gasteiger partial charge in [0.15, 0.2) is 5.65 Å². The molecule has 0 radical (unpaired) electrons. The van der Waals surface area contributed by atoms with Gasteiger partial charge in [-0.05, 0) is 56.5 Å². The summed E-state index contributed by atoms with van der Waals surface area (Å²) in [5, 5.41) is 7.94. The summed E-state index contributed by atoms with van der Waals surface area (Å²) in [6.45, 7) is 6.05. The minimum atomic E-state index is -0.643. The first-order chi connectivity index (χ1) is 16.7. The number of nitrogens with zero attached hydrogens (tertiary/aromatic N) is 3. The van der Waals surface area contributed by atoms with E-state index in [1.165, 1.54) is 12.1 Å². The molecule has 0 saturated heterocycles. The second-order valence-corrected chi connectivity index (χ2v) is 8.93. The predicted octanol–water partition coefficient (Wildman–Crippen LogP) is 4.20. The van der Waals surface area contributed by atoms with E-state index in [0.29, 0.717) is 28.7 Å². The highest BCUT2D eigenvalue weighted by molar-refractivity contribution is 6.06. The molecule has 180 valence electrons. The normalized spacial score (nSPS) is 12.1. The third kappa shape index (κ3) is 5.21. The maximum Gasteiger partial charge on any atom is 0.252 e.